The van der Waals surface area contributed by atoms with Crippen LogP contribution in [-0.2, 0) is 14.3 Å². The lowest BCUT2D eigenvalue weighted by Gasteiger charge is -2.24. The lowest BCUT2D eigenvalue weighted by molar-refractivity contribution is -0.144. The minimum absolute atomic E-state index is 0.00172. The highest BCUT2D eigenvalue weighted by Gasteiger charge is 2.24. The molecule has 0 aromatic rings. The maximum Gasteiger partial charge on any atom is 0.305 e. The molecule has 0 rings (SSSR count). The summed E-state index contributed by atoms with van der Waals surface area (Å²) in [5.41, 5.74) is -0.667. The van der Waals surface area contributed by atoms with Crippen molar-refractivity contribution in [2.75, 3.05) is 26.4 Å². The SMILES string of the molecule is CCC(CO)(CO)CO.CCCCCCCCC=CCCCCCCCC(=O)O.CCCCCCCCCCCCCCCCCC(=O)OCCCC. The maximum absolute atomic E-state index is 11.4. The molecule has 0 spiro atoms. The Morgan fingerprint density at radius 1 is 0.453 bits per heavy atom. The highest BCUT2D eigenvalue weighted by atomic mass is 16.5. The first-order valence-electron chi connectivity index (χ1n) is 22.7. The van der Waals surface area contributed by atoms with Gasteiger partial charge in [-0.05, 0) is 51.4 Å². The van der Waals surface area contributed by atoms with Crippen LogP contribution in [0, 0.1) is 5.41 Å². The van der Waals surface area contributed by atoms with Gasteiger partial charge in [-0.1, -0.05) is 188 Å². The van der Waals surface area contributed by atoms with Crippen LogP contribution in [0.1, 0.15) is 240 Å². The number of hydrogen-bond donors (Lipinski definition) is 4. The van der Waals surface area contributed by atoms with E-state index in [9.17, 15) is 9.59 Å². The van der Waals surface area contributed by atoms with Crippen molar-refractivity contribution in [2.24, 2.45) is 5.41 Å². The van der Waals surface area contributed by atoms with Gasteiger partial charge in [0.2, 0.25) is 0 Å². The number of unbranched alkanes of at least 4 members (excludes halogenated alkanes) is 26. The molecule has 0 bridgehead atoms. The van der Waals surface area contributed by atoms with Gasteiger partial charge in [0.15, 0.2) is 0 Å². The summed E-state index contributed by atoms with van der Waals surface area (Å²) in [6.45, 7) is 8.61. The van der Waals surface area contributed by atoms with Gasteiger partial charge in [-0.3, -0.25) is 9.59 Å². The number of ether oxygens (including phenoxy) is 1. The fourth-order valence-corrected chi connectivity index (χ4v) is 5.88. The first kappa shape index (κ1) is 55.9. The number of carbonyl (C=O) groups excluding carboxylic acids is 1. The first-order chi connectivity index (χ1) is 25.8. The van der Waals surface area contributed by atoms with Crippen molar-refractivity contribution in [3.8, 4) is 0 Å². The molecule has 0 aliphatic carbocycles. The molecule has 53 heavy (non-hydrogen) atoms. The smallest absolute Gasteiger partial charge is 0.305 e. The number of allylic oxidation sites excluding steroid dienone is 2. The van der Waals surface area contributed by atoms with Crippen LogP contribution >= 0.6 is 0 Å². The van der Waals surface area contributed by atoms with Crippen LogP contribution in [0.15, 0.2) is 12.2 Å². The summed E-state index contributed by atoms with van der Waals surface area (Å²) in [6, 6.07) is 0. The molecule has 0 saturated heterocycles. The van der Waals surface area contributed by atoms with E-state index >= 15 is 0 Å². The molecule has 0 atom stereocenters. The summed E-state index contributed by atoms with van der Waals surface area (Å²) in [5.74, 6) is -0.666. The lowest BCUT2D eigenvalue weighted by Crippen LogP contribution is -2.32. The van der Waals surface area contributed by atoms with Crippen molar-refractivity contribution >= 4 is 11.9 Å². The van der Waals surface area contributed by atoms with Crippen LogP contribution in [0.3, 0.4) is 0 Å². The van der Waals surface area contributed by atoms with Gasteiger partial charge in [-0.25, -0.2) is 0 Å². The van der Waals surface area contributed by atoms with Gasteiger partial charge in [-0.2, -0.15) is 0 Å². The second kappa shape index (κ2) is 48.6. The standard InChI is InChI=1S/C22H44O2.C18H34O2.C6H14O3/c1-3-5-7-8-9-10-11-12-13-14-15-16-17-18-19-20-22(23)24-21-6-4-2;1-2-3-4-5-6-7-8-9-10-11-12-13-14-15-16-17-18(19)20;1-2-6(3-7,4-8)5-9/h3-21H2,1-2H3;9-10H,2-8,11-17H2,1H3,(H,19,20);7-9H,2-5H2,1H3. The first-order valence-corrected chi connectivity index (χ1v) is 22.7. The van der Waals surface area contributed by atoms with E-state index in [1.807, 2.05) is 6.92 Å². The summed E-state index contributed by atoms with van der Waals surface area (Å²) in [4.78, 5) is 21.8. The molecule has 4 N–H and O–H groups in total. The number of aliphatic carboxylic acids is 1. The van der Waals surface area contributed by atoms with Crippen LogP contribution in [-0.4, -0.2) is 58.8 Å². The monoisotopic (exact) mass is 757 g/mol. The number of carboxylic acid groups (broad SMARTS) is 1. The largest absolute Gasteiger partial charge is 0.481 e. The van der Waals surface area contributed by atoms with Gasteiger partial charge < -0.3 is 25.2 Å². The quantitative estimate of drug-likeness (QED) is 0.0281. The van der Waals surface area contributed by atoms with Gasteiger partial charge in [0.25, 0.3) is 0 Å². The van der Waals surface area contributed by atoms with E-state index in [-0.39, 0.29) is 25.8 Å². The van der Waals surface area contributed by atoms with Gasteiger partial charge >= 0.3 is 11.9 Å². The van der Waals surface area contributed by atoms with Crippen LogP contribution < -0.4 is 0 Å². The minimum Gasteiger partial charge on any atom is -0.481 e. The van der Waals surface area contributed by atoms with Crippen LogP contribution in [0.2, 0.25) is 0 Å². The van der Waals surface area contributed by atoms with Crippen molar-refractivity contribution in [1.29, 1.82) is 0 Å². The number of esters is 1. The summed E-state index contributed by atoms with van der Waals surface area (Å²) in [7, 11) is 0. The molecule has 0 saturated carbocycles. The van der Waals surface area contributed by atoms with E-state index in [0.29, 0.717) is 25.9 Å². The van der Waals surface area contributed by atoms with E-state index in [1.54, 1.807) is 0 Å². The van der Waals surface area contributed by atoms with E-state index in [1.165, 1.54) is 161 Å². The zero-order chi connectivity index (χ0) is 39.9. The summed E-state index contributed by atoms with van der Waals surface area (Å²) >= 11 is 0. The van der Waals surface area contributed by atoms with Crippen molar-refractivity contribution in [1.82, 2.24) is 0 Å². The maximum atomic E-state index is 11.4. The molecular weight excluding hydrogens is 664 g/mol. The van der Waals surface area contributed by atoms with Crippen LogP contribution in [0.4, 0.5) is 0 Å². The highest BCUT2D eigenvalue weighted by Crippen LogP contribution is 2.18. The Balaban J connectivity index is -0.000000775. The molecule has 318 valence electrons. The molecule has 0 aliphatic heterocycles. The molecule has 0 radical (unpaired) electrons. The Bertz CT molecular complexity index is 718. The predicted molar refractivity (Wildman–Crippen MR) is 226 cm³/mol. The number of aliphatic hydroxyl groups excluding tert-OH is 3. The Kier molecular flexibility index (Phi) is 51.2. The molecule has 0 aromatic carbocycles. The van der Waals surface area contributed by atoms with E-state index in [0.717, 1.165) is 32.1 Å². The molecule has 7 heteroatoms. The summed E-state index contributed by atoms with van der Waals surface area (Å²) in [6.07, 6.45) is 44.9. The Morgan fingerprint density at radius 2 is 0.774 bits per heavy atom. The van der Waals surface area contributed by atoms with E-state index in [2.05, 4.69) is 32.9 Å². The Labute approximate surface area is 329 Å². The van der Waals surface area contributed by atoms with E-state index < -0.39 is 11.4 Å². The van der Waals surface area contributed by atoms with Crippen LogP contribution in [0.5, 0.6) is 0 Å². The van der Waals surface area contributed by atoms with Gasteiger partial charge in [0.1, 0.15) is 0 Å². The second-order valence-electron chi connectivity index (χ2n) is 15.3. The fraction of sp³-hybridized carbons (Fsp3) is 0.913. The molecule has 0 aromatic heterocycles. The average molecular weight is 757 g/mol. The number of carbonyl (C=O) groups is 2. The normalized spacial score (nSPS) is 11.2. The summed E-state index contributed by atoms with van der Waals surface area (Å²) < 4.78 is 5.16. The number of hydrogen-bond acceptors (Lipinski definition) is 6. The second-order valence-corrected chi connectivity index (χ2v) is 15.3. The molecule has 0 fully saturated rings. The van der Waals surface area contributed by atoms with E-state index in [4.69, 9.17) is 25.2 Å². The average Bonchev–Trinajstić information content (AvgIpc) is 3.16. The zero-order valence-corrected chi connectivity index (χ0v) is 35.8. The third kappa shape index (κ3) is 48.5. The van der Waals surface area contributed by atoms with Gasteiger partial charge in [-0.15, -0.1) is 0 Å². The predicted octanol–water partition coefficient (Wildman–Crippen LogP) is 13.1. The lowest BCUT2D eigenvalue weighted by atomic mass is 9.88. The molecule has 0 amide bonds. The Morgan fingerprint density at radius 3 is 1.08 bits per heavy atom. The molecule has 0 unspecified atom stereocenters. The molecule has 0 aliphatic rings. The summed E-state index contributed by atoms with van der Waals surface area (Å²) in [5, 5.41) is 34.5. The van der Waals surface area contributed by atoms with Gasteiger partial charge in [0.05, 0.1) is 26.4 Å². The minimum atomic E-state index is -0.667. The number of rotatable bonds is 38. The van der Waals surface area contributed by atoms with Crippen molar-refractivity contribution in [3.05, 3.63) is 12.2 Å². The van der Waals surface area contributed by atoms with Crippen molar-refractivity contribution in [3.63, 3.8) is 0 Å². The molecule has 0 heterocycles. The number of aliphatic hydroxyl groups is 3. The van der Waals surface area contributed by atoms with Gasteiger partial charge in [0, 0.05) is 18.3 Å². The van der Waals surface area contributed by atoms with Crippen molar-refractivity contribution in [2.45, 2.75) is 240 Å². The number of carboxylic acids is 1. The zero-order valence-electron chi connectivity index (χ0n) is 35.8. The van der Waals surface area contributed by atoms with Crippen molar-refractivity contribution < 1.29 is 34.8 Å². The third-order valence-corrected chi connectivity index (χ3v) is 10.2. The third-order valence-electron chi connectivity index (χ3n) is 10.2. The topological polar surface area (TPSA) is 124 Å². The molecular formula is C46H92O7. The fourth-order valence-electron chi connectivity index (χ4n) is 5.88. The Hall–Kier alpha value is -1.44. The highest BCUT2D eigenvalue weighted by molar-refractivity contribution is 5.69. The molecule has 7 nitrogen and oxygen atoms in total. The van der Waals surface area contributed by atoms with Crippen LogP contribution in [0.25, 0.3) is 0 Å².